The zero-order chi connectivity index (χ0) is 28.4. The summed E-state index contributed by atoms with van der Waals surface area (Å²) in [5.41, 5.74) is 0.651. The van der Waals surface area contributed by atoms with Crippen LogP contribution in [-0.4, -0.2) is 61.6 Å². The summed E-state index contributed by atoms with van der Waals surface area (Å²) in [5.74, 6) is -2.68. The third-order valence-electron chi connectivity index (χ3n) is 6.76. The Kier molecular flexibility index (Phi) is 7.99. The molecular formula is C28H27F2N3O6S. The second-order valence-electron chi connectivity index (χ2n) is 8.94. The van der Waals surface area contributed by atoms with Gasteiger partial charge in [0.1, 0.15) is 6.17 Å². The van der Waals surface area contributed by atoms with Gasteiger partial charge < -0.3 is 23.8 Å². The number of aromatic nitrogens is 1. The number of nitrogens with zero attached hydrogens (tertiary/aromatic N) is 3. The molecule has 1 amide bonds. The summed E-state index contributed by atoms with van der Waals surface area (Å²) in [6, 6.07) is 11.8. The van der Waals surface area contributed by atoms with E-state index in [4.69, 9.17) is 18.9 Å². The van der Waals surface area contributed by atoms with E-state index in [2.05, 4.69) is 6.58 Å². The van der Waals surface area contributed by atoms with Crippen LogP contribution in [0.5, 0.6) is 5.75 Å². The van der Waals surface area contributed by atoms with Gasteiger partial charge in [0.15, 0.2) is 17.3 Å². The van der Waals surface area contributed by atoms with Crippen LogP contribution in [-0.2, 0) is 14.2 Å². The van der Waals surface area contributed by atoms with Gasteiger partial charge in [-0.3, -0.25) is 19.3 Å². The molecule has 0 aliphatic carbocycles. The van der Waals surface area contributed by atoms with Crippen LogP contribution in [0, 0.1) is 11.6 Å². The van der Waals surface area contributed by atoms with Gasteiger partial charge in [0.2, 0.25) is 18.0 Å². The van der Waals surface area contributed by atoms with Gasteiger partial charge in [0.25, 0.3) is 11.9 Å². The first-order chi connectivity index (χ1) is 19.3. The molecule has 40 heavy (non-hydrogen) atoms. The van der Waals surface area contributed by atoms with Crippen LogP contribution in [0.3, 0.4) is 0 Å². The highest BCUT2D eigenvalue weighted by atomic mass is 32.2. The summed E-state index contributed by atoms with van der Waals surface area (Å²) >= 11 is 1.50. The Hall–Kier alpha value is -4.03. The molecule has 1 fully saturated rings. The summed E-state index contributed by atoms with van der Waals surface area (Å²) < 4.78 is 51.8. The van der Waals surface area contributed by atoms with Crippen molar-refractivity contribution in [3.63, 3.8) is 0 Å². The van der Waals surface area contributed by atoms with Gasteiger partial charge in [0.05, 0.1) is 26.4 Å². The summed E-state index contributed by atoms with van der Waals surface area (Å²) in [5, 5.41) is 1.83. The van der Waals surface area contributed by atoms with Crippen molar-refractivity contribution in [2.75, 3.05) is 44.9 Å². The monoisotopic (exact) mass is 571 g/mol. The van der Waals surface area contributed by atoms with Crippen molar-refractivity contribution in [3.05, 3.63) is 106 Å². The smallest absolute Gasteiger partial charge is 0.278 e. The Bertz CT molecular complexity index is 1500. The number of halogens is 2. The van der Waals surface area contributed by atoms with Crippen LogP contribution in [0.15, 0.2) is 76.9 Å². The lowest BCUT2D eigenvalue weighted by molar-refractivity contribution is -0.0237. The second kappa shape index (κ2) is 11.6. The van der Waals surface area contributed by atoms with Crippen molar-refractivity contribution in [2.24, 2.45) is 0 Å². The molecular weight excluding hydrogens is 544 g/mol. The van der Waals surface area contributed by atoms with Gasteiger partial charge >= 0.3 is 0 Å². The van der Waals surface area contributed by atoms with Crippen LogP contribution in [0.1, 0.15) is 27.7 Å². The molecule has 0 N–H and O–H groups in total. The van der Waals surface area contributed by atoms with Crippen LogP contribution < -0.4 is 15.2 Å². The number of hydrogen-bond acceptors (Lipinski definition) is 8. The number of benzene rings is 2. The van der Waals surface area contributed by atoms with E-state index in [1.807, 2.05) is 35.5 Å². The molecule has 2 atom stereocenters. The number of thioether (sulfide) groups is 1. The van der Waals surface area contributed by atoms with Crippen molar-refractivity contribution < 1.29 is 32.5 Å². The lowest BCUT2D eigenvalue weighted by Crippen LogP contribution is -2.66. The highest BCUT2D eigenvalue weighted by Crippen LogP contribution is 2.39. The molecule has 0 radical (unpaired) electrons. The SMILES string of the molecule is C=C(OC)OCOc1c2n(ccc1=O)N([C@H](c1ccc(F)c(F)c1)c1ccccc1SC)[C@@H]1COCCN1C2=O. The van der Waals surface area contributed by atoms with E-state index in [9.17, 15) is 18.4 Å². The van der Waals surface area contributed by atoms with E-state index >= 15 is 0 Å². The van der Waals surface area contributed by atoms with Gasteiger partial charge in [-0.25, -0.2) is 8.78 Å². The standard InChI is InChI=1S/C28H27F2N3O6S/c1-17(36-2)38-16-39-27-22(34)10-11-32-26(27)28(35)31-12-13-37-15-24(31)33(32)25(18-8-9-20(29)21(30)14-18)19-6-4-5-7-23(19)40-3/h4-11,14,24-25H,1,12-13,15-16H2,2-3H3/t24-,25-/m1/s1. The van der Waals surface area contributed by atoms with Gasteiger partial charge in [-0.1, -0.05) is 24.3 Å². The maximum Gasteiger partial charge on any atom is 0.278 e. The predicted octanol–water partition coefficient (Wildman–Crippen LogP) is 3.86. The fourth-order valence-electron chi connectivity index (χ4n) is 4.92. The minimum atomic E-state index is -1.01. The molecule has 0 saturated carbocycles. The Morgan fingerprint density at radius 2 is 1.98 bits per heavy atom. The van der Waals surface area contributed by atoms with Gasteiger partial charge in [0, 0.05) is 23.7 Å². The third kappa shape index (κ3) is 5.00. The number of carbonyl (C=O) groups is 1. The molecule has 0 bridgehead atoms. The van der Waals surface area contributed by atoms with E-state index < -0.39 is 42.0 Å². The summed E-state index contributed by atoms with van der Waals surface area (Å²) in [6.45, 7) is 3.80. The summed E-state index contributed by atoms with van der Waals surface area (Å²) in [4.78, 5) is 29.3. The van der Waals surface area contributed by atoms with E-state index in [1.165, 1.54) is 41.9 Å². The number of amides is 1. The van der Waals surface area contributed by atoms with Gasteiger partial charge in [-0.05, 0) is 42.2 Å². The van der Waals surface area contributed by atoms with E-state index in [-0.39, 0.29) is 37.1 Å². The van der Waals surface area contributed by atoms with E-state index in [0.29, 0.717) is 5.56 Å². The molecule has 1 aromatic heterocycles. The third-order valence-corrected chi connectivity index (χ3v) is 7.58. The first-order valence-corrected chi connectivity index (χ1v) is 13.6. The summed E-state index contributed by atoms with van der Waals surface area (Å²) in [7, 11) is 1.37. The first kappa shape index (κ1) is 27.5. The predicted molar refractivity (Wildman–Crippen MR) is 144 cm³/mol. The molecule has 2 aliphatic heterocycles. The molecule has 0 unspecified atom stereocenters. The fraction of sp³-hybridized carbons (Fsp3) is 0.286. The van der Waals surface area contributed by atoms with Crippen molar-refractivity contribution in [1.29, 1.82) is 0 Å². The lowest BCUT2D eigenvalue weighted by Gasteiger charge is -2.51. The molecule has 2 aliphatic rings. The maximum absolute atomic E-state index is 14.7. The molecule has 210 valence electrons. The molecule has 3 heterocycles. The highest BCUT2D eigenvalue weighted by Gasteiger charge is 2.45. The van der Waals surface area contributed by atoms with Crippen LogP contribution in [0.25, 0.3) is 0 Å². The number of pyridine rings is 1. The minimum Gasteiger partial charge on any atom is -0.469 e. The number of fused-ring (bicyclic) bond motifs is 2. The Morgan fingerprint density at radius 1 is 1.18 bits per heavy atom. The number of morpholine rings is 1. The number of methoxy groups -OCH3 is 1. The highest BCUT2D eigenvalue weighted by molar-refractivity contribution is 7.98. The zero-order valence-corrected chi connectivity index (χ0v) is 22.7. The molecule has 9 nitrogen and oxygen atoms in total. The van der Waals surface area contributed by atoms with Crippen LogP contribution >= 0.6 is 11.8 Å². The van der Waals surface area contributed by atoms with Crippen molar-refractivity contribution in [3.8, 4) is 5.75 Å². The van der Waals surface area contributed by atoms with Crippen LogP contribution in [0.2, 0.25) is 0 Å². The van der Waals surface area contributed by atoms with Crippen molar-refractivity contribution >= 4 is 17.7 Å². The Labute approximate surface area is 233 Å². The summed E-state index contributed by atoms with van der Waals surface area (Å²) in [6.07, 6.45) is 2.75. The minimum absolute atomic E-state index is 0.0295. The molecule has 3 aromatic rings. The van der Waals surface area contributed by atoms with Crippen molar-refractivity contribution in [2.45, 2.75) is 17.1 Å². The second-order valence-corrected chi connectivity index (χ2v) is 9.79. The van der Waals surface area contributed by atoms with E-state index in [0.717, 1.165) is 22.6 Å². The molecule has 0 spiro atoms. The fourth-order valence-corrected chi connectivity index (χ4v) is 5.55. The Balaban J connectivity index is 1.73. The molecule has 12 heteroatoms. The maximum atomic E-state index is 14.7. The molecule has 1 saturated heterocycles. The quantitative estimate of drug-likeness (QED) is 0.218. The topological polar surface area (TPSA) is 82.5 Å². The average Bonchev–Trinajstić information content (AvgIpc) is 2.97. The van der Waals surface area contributed by atoms with Crippen molar-refractivity contribution in [1.82, 2.24) is 9.58 Å². The number of carbonyl (C=O) groups excluding carboxylic acids is 1. The Morgan fingerprint density at radius 3 is 2.73 bits per heavy atom. The van der Waals surface area contributed by atoms with Crippen LogP contribution in [0.4, 0.5) is 8.78 Å². The van der Waals surface area contributed by atoms with Gasteiger partial charge in [-0.15, -0.1) is 11.8 Å². The number of rotatable bonds is 9. The average molecular weight is 572 g/mol. The zero-order valence-electron chi connectivity index (χ0n) is 21.8. The number of ether oxygens (including phenoxy) is 4. The normalized spacial score (nSPS) is 17.1. The largest absolute Gasteiger partial charge is 0.469 e. The number of hydrogen-bond donors (Lipinski definition) is 0. The van der Waals surface area contributed by atoms with Gasteiger partial charge in [-0.2, -0.15) is 0 Å². The lowest BCUT2D eigenvalue weighted by atomic mass is 9.96. The first-order valence-electron chi connectivity index (χ1n) is 12.3. The molecule has 5 rings (SSSR count). The molecule has 2 aromatic carbocycles. The van der Waals surface area contributed by atoms with E-state index in [1.54, 1.807) is 4.90 Å².